The molecule has 1 fully saturated rings. The van der Waals surface area contributed by atoms with Crippen LogP contribution < -0.4 is 10.1 Å². The van der Waals surface area contributed by atoms with Crippen LogP contribution in [0.3, 0.4) is 0 Å². The Balaban J connectivity index is 1.57. The first kappa shape index (κ1) is 21.6. The second kappa shape index (κ2) is 9.61. The molecular weight excluding hydrogens is 412 g/mol. The Kier molecular flexibility index (Phi) is 7.16. The van der Waals surface area contributed by atoms with E-state index in [4.69, 9.17) is 16.3 Å². The van der Waals surface area contributed by atoms with Gasteiger partial charge < -0.3 is 10.1 Å². The van der Waals surface area contributed by atoms with Crippen molar-refractivity contribution in [3.8, 4) is 5.75 Å². The van der Waals surface area contributed by atoms with E-state index in [1.807, 2.05) is 24.3 Å². The summed E-state index contributed by atoms with van der Waals surface area (Å²) in [6.07, 6.45) is 1.34. The highest BCUT2D eigenvalue weighted by Crippen LogP contribution is 2.23. The molecule has 3 rings (SSSR count). The van der Waals surface area contributed by atoms with E-state index in [-0.39, 0.29) is 24.1 Å². The first-order valence-corrected chi connectivity index (χ1v) is 11.5. The van der Waals surface area contributed by atoms with Crippen molar-refractivity contribution < 1.29 is 17.9 Å². The van der Waals surface area contributed by atoms with Gasteiger partial charge >= 0.3 is 0 Å². The summed E-state index contributed by atoms with van der Waals surface area (Å²) in [5.74, 6) is 0.167. The lowest BCUT2D eigenvalue weighted by atomic mass is 9.99. The highest BCUT2D eigenvalue weighted by Gasteiger charge is 2.32. The highest BCUT2D eigenvalue weighted by atomic mass is 35.5. The molecule has 1 saturated heterocycles. The van der Waals surface area contributed by atoms with E-state index in [0.29, 0.717) is 36.5 Å². The lowest BCUT2D eigenvalue weighted by Crippen LogP contribution is -2.45. The number of sulfonamides is 1. The van der Waals surface area contributed by atoms with Gasteiger partial charge in [0.1, 0.15) is 5.75 Å². The zero-order chi connectivity index (χ0) is 20.9. The summed E-state index contributed by atoms with van der Waals surface area (Å²) in [5.41, 5.74) is 1.60. The van der Waals surface area contributed by atoms with Crippen LogP contribution in [0.5, 0.6) is 5.75 Å². The van der Waals surface area contributed by atoms with Crippen molar-refractivity contribution in [1.29, 1.82) is 0 Å². The van der Waals surface area contributed by atoms with Gasteiger partial charge in [0.05, 0.1) is 18.8 Å². The Morgan fingerprint density at radius 3 is 2.66 bits per heavy atom. The van der Waals surface area contributed by atoms with Crippen LogP contribution >= 0.6 is 11.6 Å². The monoisotopic (exact) mass is 436 g/mol. The maximum absolute atomic E-state index is 12.8. The molecule has 1 atom stereocenters. The van der Waals surface area contributed by atoms with Crippen LogP contribution in [-0.4, -0.2) is 38.8 Å². The number of carbonyl (C=O) groups excluding carboxylic acids is 1. The van der Waals surface area contributed by atoms with Gasteiger partial charge in [-0.3, -0.25) is 4.79 Å². The van der Waals surface area contributed by atoms with E-state index in [1.54, 1.807) is 31.4 Å². The Morgan fingerprint density at radius 2 is 1.97 bits per heavy atom. The molecule has 156 valence electrons. The number of methoxy groups -OCH3 is 1. The van der Waals surface area contributed by atoms with Gasteiger partial charge in [-0.25, -0.2) is 12.7 Å². The molecular formula is C21H25ClN2O4S. The summed E-state index contributed by atoms with van der Waals surface area (Å²) in [4.78, 5) is 12.6. The number of benzene rings is 2. The van der Waals surface area contributed by atoms with Gasteiger partial charge in [-0.2, -0.15) is 0 Å². The van der Waals surface area contributed by atoms with Crippen LogP contribution in [-0.2, 0) is 27.1 Å². The molecule has 8 heteroatoms. The summed E-state index contributed by atoms with van der Waals surface area (Å²) in [6, 6.07) is 14.3. The van der Waals surface area contributed by atoms with Crippen LogP contribution in [0.2, 0.25) is 5.02 Å². The van der Waals surface area contributed by atoms with Gasteiger partial charge in [0, 0.05) is 24.7 Å². The van der Waals surface area contributed by atoms with E-state index in [1.165, 1.54) is 4.31 Å². The second-order valence-electron chi connectivity index (χ2n) is 7.15. The van der Waals surface area contributed by atoms with Crippen molar-refractivity contribution in [3.05, 3.63) is 64.7 Å². The zero-order valence-electron chi connectivity index (χ0n) is 16.3. The topological polar surface area (TPSA) is 75.7 Å². The molecule has 2 aromatic carbocycles. The number of ether oxygens (including phenoxy) is 1. The van der Waals surface area contributed by atoms with Crippen molar-refractivity contribution in [2.45, 2.75) is 25.1 Å². The molecule has 0 bridgehead atoms. The summed E-state index contributed by atoms with van der Waals surface area (Å²) in [6.45, 7) is 1.04. The summed E-state index contributed by atoms with van der Waals surface area (Å²) < 4.78 is 32.2. The van der Waals surface area contributed by atoms with Crippen molar-refractivity contribution in [2.24, 2.45) is 5.92 Å². The highest BCUT2D eigenvalue weighted by molar-refractivity contribution is 7.88. The number of piperidine rings is 1. The van der Waals surface area contributed by atoms with Gasteiger partial charge in [0.15, 0.2) is 0 Å². The van der Waals surface area contributed by atoms with E-state index < -0.39 is 10.0 Å². The molecule has 1 aliphatic rings. The summed E-state index contributed by atoms with van der Waals surface area (Å²) >= 11 is 5.96. The van der Waals surface area contributed by atoms with Gasteiger partial charge in [0.25, 0.3) is 0 Å². The third kappa shape index (κ3) is 5.95. The number of halogens is 1. The number of amides is 1. The maximum atomic E-state index is 12.8. The standard InChI is InChI=1S/C21H25ClN2O4S/c1-28-20-9-7-16(8-10-20)13-23-21(25)18-5-3-11-24(14-18)29(26,27)15-17-4-2-6-19(22)12-17/h2,4,6-10,12,18H,3,5,11,13-15H2,1H3,(H,23,25). The average Bonchev–Trinajstić information content (AvgIpc) is 2.72. The predicted molar refractivity (Wildman–Crippen MR) is 113 cm³/mol. The van der Waals surface area contributed by atoms with E-state index in [9.17, 15) is 13.2 Å². The molecule has 1 aliphatic heterocycles. The van der Waals surface area contributed by atoms with Gasteiger partial charge in [-0.15, -0.1) is 0 Å². The lowest BCUT2D eigenvalue weighted by molar-refractivity contribution is -0.126. The predicted octanol–water partition coefficient (Wildman–Crippen LogP) is 3.21. The molecule has 6 nitrogen and oxygen atoms in total. The molecule has 29 heavy (non-hydrogen) atoms. The molecule has 0 spiro atoms. The van der Waals surface area contributed by atoms with Crippen LogP contribution in [0, 0.1) is 5.92 Å². The third-order valence-electron chi connectivity index (χ3n) is 5.01. The smallest absolute Gasteiger partial charge is 0.224 e. The van der Waals surface area contributed by atoms with Gasteiger partial charge in [-0.05, 0) is 48.2 Å². The third-order valence-corrected chi connectivity index (χ3v) is 7.06. The average molecular weight is 437 g/mol. The SMILES string of the molecule is COc1ccc(CNC(=O)C2CCCN(S(=O)(=O)Cc3cccc(Cl)c3)C2)cc1. The number of nitrogens with zero attached hydrogens (tertiary/aromatic N) is 1. The maximum Gasteiger partial charge on any atom is 0.224 e. The van der Waals surface area contributed by atoms with E-state index in [0.717, 1.165) is 11.3 Å². The number of carbonyl (C=O) groups is 1. The summed E-state index contributed by atoms with van der Waals surface area (Å²) in [5, 5.41) is 3.42. The van der Waals surface area contributed by atoms with E-state index in [2.05, 4.69) is 5.32 Å². The molecule has 1 unspecified atom stereocenters. The largest absolute Gasteiger partial charge is 0.497 e. The van der Waals surface area contributed by atoms with E-state index >= 15 is 0 Å². The minimum atomic E-state index is -3.51. The van der Waals surface area contributed by atoms with Crippen molar-refractivity contribution in [1.82, 2.24) is 9.62 Å². The first-order chi connectivity index (χ1) is 13.9. The fourth-order valence-corrected chi connectivity index (χ4v) is 5.23. The Labute approximate surface area is 176 Å². The molecule has 1 heterocycles. The molecule has 2 aromatic rings. The fraction of sp³-hybridized carbons (Fsp3) is 0.381. The van der Waals surface area contributed by atoms with Gasteiger partial charge in [-0.1, -0.05) is 35.9 Å². The number of hydrogen-bond acceptors (Lipinski definition) is 4. The normalized spacial score (nSPS) is 17.7. The fourth-order valence-electron chi connectivity index (χ4n) is 3.41. The number of rotatable bonds is 7. The molecule has 1 amide bonds. The molecule has 0 aliphatic carbocycles. The van der Waals surface area contributed by atoms with Crippen molar-refractivity contribution in [2.75, 3.05) is 20.2 Å². The molecule has 0 radical (unpaired) electrons. The van der Waals surface area contributed by atoms with Crippen LogP contribution in [0.25, 0.3) is 0 Å². The van der Waals surface area contributed by atoms with Crippen molar-refractivity contribution >= 4 is 27.5 Å². The van der Waals surface area contributed by atoms with Crippen LogP contribution in [0.1, 0.15) is 24.0 Å². The quantitative estimate of drug-likeness (QED) is 0.723. The van der Waals surface area contributed by atoms with Crippen LogP contribution in [0.4, 0.5) is 0 Å². The first-order valence-electron chi connectivity index (χ1n) is 9.50. The lowest BCUT2D eigenvalue weighted by Gasteiger charge is -2.31. The van der Waals surface area contributed by atoms with Crippen molar-refractivity contribution in [3.63, 3.8) is 0 Å². The minimum absolute atomic E-state index is 0.117. The zero-order valence-corrected chi connectivity index (χ0v) is 17.9. The Bertz CT molecular complexity index is 947. The molecule has 0 aromatic heterocycles. The van der Waals surface area contributed by atoms with Crippen LogP contribution in [0.15, 0.2) is 48.5 Å². The second-order valence-corrected chi connectivity index (χ2v) is 9.55. The molecule has 1 N–H and O–H groups in total. The number of nitrogens with one attached hydrogen (secondary N) is 1. The summed E-state index contributed by atoms with van der Waals surface area (Å²) in [7, 11) is -1.91. The number of hydrogen-bond donors (Lipinski definition) is 1. The Morgan fingerprint density at radius 1 is 1.21 bits per heavy atom. The molecule has 0 saturated carbocycles. The van der Waals surface area contributed by atoms with Gasteiger partial charge in [0.2, 0.25) is 15.9 Å². The Hall–Kier alpha value is -2.09. The minimum Gasteiger partial charge on any atom is -0.497 e.